The van der Waals surface area contributed by atoms with Gasteiger partial charge in [0.25, 0.3) is 0 Å². The maximum absolute atomic E-state index is 12.4. The monoisotopic (exact) mass is 318 g/mol. The van der Waals surface area contributed by atoms with E-state index in [4.69, 9.17) is 14.6 Å². The molecule has 0 heterocycles. The molecule has 1 rings (SSSR count). The number of carboxylic acids is 1. The minimum Gasteiger partial charge on any atom is -0.497 e. The number of carbonyl (C=O) groups is 2. The zero-order valence-electron chi connectivity index (χ0n) is 13.8. The van der Waals surface area contributed by atoms with Crippen molar-refractivity contribution in [2.24, 2.45) is 5.92 Å². The van der Waals surface area contributed by atoms with E-state index in [1.165, 1.54) is 19.3 Å². The Morgan fingerprint density at radius 1 is 1.26 bits per heavy atom. The molecule has 0 aliphatic heterocycles. The Balaban J connectivity index is 3.04. The third-order valence-electron chi connectivity index (χ3n) is 2.87. The second-order valence-electron chi connectivity index (χ2n) is 5.49. The third-order valence-corrected chi connectivity index (χ3v) is 2.87. The van der Waals surface area contributed by atoms with Crippen LogP contribution in [0, 0.1) is 5.92 Å². The predicted octanol–water partition coefficient (Wildman–Crippen LogP) is 3.50. The number of rotatable bonds is 8. The van der Waals surface area contributed by atoms with Gasteiger partial charge in [-0.15, -0.1) is 0 Å². The summed E-state index contributed by atoms with van der Waals surface area (Å²) in [6.45, 7) is 6.14. The zero-order valence-corrected chi connectivity index (χ0v) is 13.8. The van der Waals surface area contributed by atoms with Crippen LogP contribution in [0.5, 0.6) is 11.5 Å². The van der Waals surface area contributed by atoms with Crippen LogP contribution in [-0.4, -0.2) is 30.6 Å². The maximum Gasteiger partial charge on any atom is 0.328 e. The van der Waals surface area contributed by atoms with Gasteiger partial charge in [-0.05, 0) is 42.7 Å². The van der Waals surface area contributed by atoms with E-state index >= 15 is 0 Å². The SMILES string of the molecule is COc1ccc(OCC(C)C)c(C(=O)C=CC(C)=CC(=O)O)c1. The highest BCUT2D eigenvalue weighted by molar-refractivity contribution is 6.07. The van der Waals surface area contributed by atoms with Crippen LogP contribution >= 0.6 is 0 Å². The minimum atomic E-state index is -1.05. The van der Waals surface area contributed by atoms with Crippen LogP contribution in [0.1, 0.15) is 31.1 Å². The van der Waals surface area contributed by atoms with E-state index in [1.807, 2.05) is 13.8 Å². The molecule has 0 saturated carbocycles. The van der Waals surface area contributed by atoms with E-state index in [1.54, 1.807) is 25.1 Å². The first kappa shape index (κ1) is 18.5. The van der Waals surface area contributed by atoms with Crippen molar-refractivity contribution in [2.45, 2.75) is 20.8 Å². The molecule has 0 atom stereocenters. The van der Waals surface area contributed by atoms with Crippen molar-refractivity contribution < 1.29 is 24.2 Å². The number of ketones is 1. The molecule has 0 unspecified atom stereocenters. The van der Waals surface area contributed by atoms with Crippen LogP contribution in [0.3, 0.4) is 0 Å². The van der Waals surface area contributed by atoms with Gasteiger partial charge in [0.05, 0.1) is 19.3 Å². The number of ether oxygens (including phenoxy) is 2. The fourth-order valence-corrected chi connectivity index (χ4v) is 1.75. The summed E-state index contributed by atoms with van der Waals surface area (Å²) in [6.07, 6.45) is 3.82. The highest BCUT2D eigenvalue weighted by atomic mass is 16.5. The second kappa shape index (κ2) is 8.78. The van der Waals surface area contributed by atoms with Gasteiger partial charge in [0, 0.05) is 6.08 Å². The average Bonchev–Trinajstić information content (AvgIpc) is 2.49. The average molecular weight is 318 g/mol. The molecule has 1 N–H and O–H groups in total. The number of carboxylic acid groups (broad SMARTS) is 1. The summed E-state index contributed by atoms with van der Waals surface area (Å²) in [5, 5.41) is 8.67. The smallest absolute Gasteiger partial charge is 0.328 e. The molecule has 0 aromatic heterocycles. The third kappa shape index (κ3) is 6.38. The van der Waals surface area contributed by atoms with E-state index in [0.29, 0.717) is 35.2 Å². The van der Waals surface area contributed by atoms with Gasteiger partial charge in [-0.2, -0.15) is 0 Å². The summed E-state index contributed by atoms with van der Waals surface area (Å²) < 4.78 is 10.8. The molecule has 0 fully saturated rings. The molecule has 0 saturated heterocycles. The Hall–Kier alpha value is -2.56. The van der Waals surface area contributed by atoms with Crippen molar-refractivity contribution in [1.82, 2.24) is 0 Å². The van der Waals surface area contributed by atoms with E-state index < -0.39 is 5.97 Å². The van der Waals surface area contributed by atoms with Gasteiger partial charge in [0.2, 0.25) is 0 Å². The Kier molecular flexibility index (Phi) is 7.06. The highest BCUT2D eigenvalue weighted by Gasteiger charge is 2.12. The summed E-state index contributed by atoms with van der Waals surface area (Å²) in [5.41, 5.74) is 0.850. The maximum atomic E-state index is 12.4. The normalized spacial score (nSPS) is 11.8. The molecular weight excluding hydrogens is 296 g/mol. The quantitative estimate of drug-likeness (QED) is 0.451. The molecule has 0 spiro atoms. The topological polar surface area (TPSA) is 72.8 Å². The number of hydrogen-bond acceptors (Lipinski definition) is 4. The van der Waals surface area contributed by atoms with Gasteiger partial charge in [-0.1, -0.05) is 19.9 Å². The first-order valence-electron chi connectivity index (χ1n) is 7.28. The van der Waals surface area contributed by atoms with Gasteiger partial charge >= 0.3 is 5.97 Å². The molecule has 1 aromatic carbocycles. The number of methoxy groups -OCH3 is 1. The number of benzene rings is 1. The van der Waals surface area contributed by atoms with Crippen LogP contribution < -0.4 is 9.47 Å². The van der Waals surface area contributed by atoms with Crippen molar-refractivity contribution in [3.8, 4) is 11.5 Å². The Bertz CT molecular complexity index is 626. The minimum absolute atomic E-state index is 0.277. The van der Waals surface area contributed by atoms with E-state index in [-0.39, 0.29) is 5.78 Å². The van der Waals surface area contributed by atoms with E-state index in [9.17, 15) is 9.59 Å². The van der Waals surface area contributed by atoms with Gasteiger partial charge < -0.3 is 14.6 Å². The number of hydrogen-bond donors (Lipinski definition) is 1. The lowest BCUT2D eigenvalue weighted by molar-refractivity contribution is -0.131. The largest absolute Gasteiger partial charge is 0.497 e. The van der Waals surface area contributed by atoms with Crippen LogP contribution in [0.15, 0.2) is 42.0 Å². The highest BCUT2D eigenvalue weighted by Crippen LogP contribution is 2.25. The molecular formula is C18H22O5. The summed E-state index contributed by atoms with van der Waals surface area (Å²) in [4.78, 5) is 23.0. The number of allylic oxidation sites excluding steroid dienone is 3. The molecule has 0 bridgehead atoms. The van der Waals surface area contributed by atoms with Crippen molar-refractivity contribution in [2.75, 3.05) is 13.7 Å². The number of carbonyl (C=O) groups excluding carboxylic acids is 1. The van der Waals surface area contributed by atoms with Crippen molar-refractivity contribution in [3.63, 3.8) is 0 Å². The molecule has 5 nitrogen and oxygen atoms in total. The lowest BCUT2D eigenvalue weighted by atomic mass is 10.1. The molecule has 124 valence electrons. The van der Waals surface area contributed by atoms with E-state index in [0.717, 1.165) is 6.08 Å². The van der Waals surface area contributed by atoms with Crippen molar-refractivity contribution in [1.29, 1.82) is 0 Å². The predicted molar refractivity (Wildman–Crippen MR) is 88.2 cm³/mol. The lowest BCUT2D eigenvalue weighted by Gasteiger charge is -2.13. The molecule has 0 amide bonds. The zero-order chi connectivity index (χ0) is 17.4. The summed E-state index contributed by atoms with van der Waals surface area (Å²) in [5.74, 6) is 0.0320. The molecule has 1 aromatic rings. The first-order valence-corrected chi connectivity index (χ1v) is 7.28. The first-order chi connectivity index (χ1) is 10.8. The molecule has 5 heteroatoms. The molecule has 0 aliphatic rings. The van der Waals surface area contributed by atoms with Crippen LogP contribution in [0.25, 0.3) is 0 Å². The molecule has 0 radical (unpaired) electrons. The summed E-state index contributed by atoms with van der Waals surface area (Å²) in [6, 6.07) is 5.03. The Morgan fingerprint density at radius 2 is 1.96 bits per heavy atom. The van der Waals surface area contributed by atoms with Crippen LogP contribution in [0.2, 0.25) is 0 Å². The number of aliphatic carboxylic acids is 1. The fourth-order valence-electron chi connectivity index (χ4n) is 1.75. The van der Waals surface area contributed by atoms with Crippen molar-refractivity contribution in [3.05, 3.63) is 47.6 Å². The standard InChI is InChI=1S/C18H22O5/c1-12(2)11-23-17-8-6-14(22-4)10-15(17)16(19)7-5-13(3)9-18(20)21/h5-10,12H,11H2,1-4H3,(H,20,21). The Morgan fingerprint density at radius 3 is 2.52 bits per heavy atom. The summed E-state index contributed by atoms with van der Waals surface area (Å²) >= 11 is 0. The van der Waals surface area contributed by atoms with Gasteiger partial charge in [0.15, 0.2) is 5.78 Å². The Labute approximate surface area is 136 Å². The second-order valence-corrected chi connectivity index (χ2v) is 5.49. The van der Waals surface area contributed by atoms with Gasteiger partial charge in [-0.25, -0.2) is 4.79 Å². The fraction of sp³-hybridized carbons (Fsp3) is 0.333. The molecule has 0 aliphatic carbocycles. The van der Waals surface area contributed by atoms with Gasteiger partial charge in [-0.3, -0.25) is 4.79 Å². The van der Waals surface area contributed by atoms with Crippen molar-refractivity contribution >= 4 is 11.8 Å². The summed E-state index contributed by atoms with van der Waals surface area (Å²) in [7, 11) is 1.52. The van der Waals surface area contributed by atoms with Crippen LogP contribution in [-0.2, 0) is 4.79 Å². The molecule has 23 heavy (non-hydrogen) atoms. The van der Waals surface area contributed by atoms with Crippen LogP contribution in [0.4, 0.5) is 0 Å². The van der Waals surface area contributed by atoms with E-state index in [2.05, 4.69) is 0 Å². The lowest BCUT2D eigenvalue weighted by Crippen LogP contribution is -2.08. The van der Waals surface area contributed by atoms with Gasteiger partial charge in [0.1, 0.15) is 11.5 Å².